The van der Waals surface area contributed by atoms with E-state index in [1.165, 1.54) is 6.08 Å². The van der Waals surface area contributed by atoms with E-state index in [4.69, 9.17) is 4.74 Å². The summed E-state index contributed by atoms with van der Waals surface area (Å²) < 4.78 is 5.41. The van der Waals surface area contributed by atoms with E-state index in [1.54, 1.807) is 29.2 Å². The van der Waals surface area contributed by atoms with Crippen LogP contribution in [0.25, 0.3) is 0 Å². The van der Waals surface area contributed by atoms with E-state index < -0.39 is 0 Å². The van der Waals surface area contributed by atoms with E-state index in [1.807, 2.05) is 0 Å². The van der Waals surface area contributed by atoms with E-state index >= 15 is 0 Å². The summed E-state index contributed by atoms with van der Waals surface area (Å²) in [5.41, 5.74) is 0.526. The van der Waals surface area contributed by atoms with E-state index in [0.717, 1.165) is 25.9 Å². The van der Waals surface area contributed by atoms with Crippen LogP contribution in [0.1, 0.15) is 23.2 Å². The summed E-state index contributed by atoms with van der Waals surface area (Å²) in [7, 11) is 0. The average molecular weight is 243 g/mol. The molecular formula is C14H13NO3. The van der Waals surface area contributed by atoms with Crippen LogP contribution in [0.2, 0.25) is 0 Å². The van der Waals surface area contributed by atoms with Crippen molar-refractivity contribution in [2.45, 2.75) is 12.8 Å². The number of allylic oxidation sites excluding steroid dienone is 1. The summed E-state index contributed by atoms with van der Waals surface area (Å²) >= 11 is 0. The molecule has 2 heterocycles. The van der Waals surface area contributed by atoms with Gasteiger partial charge in [-0.2, -0.15) is 0 Å². The quantitative estimate of drug-likeness (QED) is 0.706. The van der Waals surface area contributed by atoms with Crippen molar-refractivity contribution < 1.29 is 14.3 Å². The fraction of sp³-hybridized carbons (Fsp3) is 0.286. The first-order chi connectivity index (χ1) is 8.75. The Hall–Kier alpha value is -2.10. The molecule has 2 aliphatic heterocycles. The number of nitrogens with zero attached hydrogens (tertiary/aromatic N) is 1. The first kappa shape index (κ1) is 11.0. The average Bonchev–Trinajstić information content (AvgIpc) is 3.00. The van der Waals surface area contributed by atoms with Crippen LogP contribution in [0.3, 0.4) is 0 Å². The zero-order valence-electron chi connectivity index (χ0n) is 9.89. The lowest BCUT2D eigenvalue weighted by molar-refractivity contribution is -0.125. The second-order valence-corrected chi connectivity index (χ2v) is 4.47. The Kier molecular flexibility index (Phi) is 2.63. The van der Waals surface area contributed by atoms with Crippen LogP contribution in [0.4, 0.5) is 0 Å². The standard InChI is InChI=1S/C14H13NO3/c16-13(15-7-3-4-8-15)9-12-14(17)10-5-1-2-6-11(10)18-12/h1-2,5-6,9H,3-4,7-8H2/b12-9-. The summed E-state index contributed by atoms with van der Waals surface area (Å²) in [6.07, 6.45) is 3.38. The number of Topliss-reactive ketones (excluding diaryl/α,β-unsaturated/α-hetero) is 1. The molecular weight excluding hydrogens is 230 g/mol. The molecule has 0 radical (unpaired) electrons. The molecule has 4 heteroatoms. The second kappa shape index (κ2) is 4.29. The third-order valence-corrected chi connectivity index (χ3v) is 3.25. The van der Waals surface area contributed by atoms with Gasteiger partial charge >= 0.3 is 0 Å². The van der Waals surface area contributed by atoms with Crippen molar-refractivity contribution in [1.29, 1.82) is 0 Å². The highest BCUT2D eigenvalue weighted by atomic mass is 16.5. The third-order valence-electron chi connectivity index (χ3n) is 3.25. The maximum atomic E-state index is 12.0. The monoisotopic (exact) mass is 243 g/mol. The van der Waals surface area contributed by atoms with Gasteiger partial charge in [0.25, 0.3) is 0 Å². The van der Waals surface area contributed by atoms with Crippen molar-refractivity contribution in [2.75, 3.05) is 13.1 Å². The van der Waals surface area contributed by atoms with Crippen LogP contribution in [0.15, 0.2) is 36.1 Å². The number of ketones is 1. The highest BCUT2D eigenvalue weighted by molar-refractivity contribution is 6.14. The molecule has 0 aromatic heterocycles. The maximum Gasteiger partial charge on any atom is 0.250 e. The molecule has 2 aliphatic rings. The van der Waals surface area contributed by atoms with Crippen LogP contribution >= 0.6 is 0 Å². The summed E-state index contributed by atoms with van der Waals surface area (Å²) in [5.74, 6) is 0.317. The fourth-order valence-corrected chi connectivity index (χ4v) is 2.28. The van der Waals surface area contributed by atoms with Crippen LogP contribution in [0.5, 0.6) is 5.75 Å². The van der Waals surface area contributed by atoms with Gasteiger partial charge in [-0.05, 0) is 25.0 Å². The van der Waals surface area contributed by atoms with Crippen LogP contribution < -0.4 is 4.74 Å². The highest BCUT2D eigenvalue weighted by Gasteiger charge is 2.28. The molecule has 0 atom stereocenters. The number of carbonyl (C=O) groups excluding carboxylic acids is 2. The van der Waals surface area contributed by atoms with Gasteiger partial charge in [-0.25, -0.2) is 0 Å². The van der Waals surface area contributed by atoms with E-state index in [2.05, 4.69) is 0 Å². The Morgan fingerprint density at radius 1 is 1.22 bits per heavy atom. The molecule has 1 aromatic carbocycles. The number of carbonyl (C=O) groups is 2. The summed E-state index contributed by atoms with van der Waals surface area (Å²) in [5, 5.41) is 0. The topological polar surface area (TPSA) is 46.6 Å². The molecule has 0 aliphatic carbocycles. The molecule has 0 spiro atoms. The first-order valence-electron chi connectivity index (χ1n) is 6.08. The minimum absolute atomic E-state index is 0.133. The molecule has 0 unspecified atom stereocenters. The lowest BCUT2D eigenvalue weighted by Gasteiger charge is -2.12. The minimum atomic E-state index is -0.210. The number of likely N-dealkylation sites (tertiary alicyclic amines) is 1. The summed E-state index contributed by atoms with van der Waals surface area (Å²) in [6, 6.07) is 7.02. The Morgan fingerprint density at radius 2 is 1.94 bits per heavy atom. The van der Waals surface area contributed by atoms with Gasteiger partial charge in [0.15, 0.2) is 5.76 Å². The van der Waals surface area contributed by atoms with Crippen LogP contribution in [-0.2, 0) is 4.79 Å². The molecule has 0 saturated carbocycles. The third kappa shape index (κ3) is 1.79. The number of para-hydroxylation sites is 1. The van der Waals surface area contributed by atoms with E-state index in [-0.39, 0.29) is 17.4 Å². The molecule has 1 aromatic rings. The number of ether oxygens (including phenoxy) is 1. The van der Waals surface area contributed by atoms with Gasteiger partial charge in [0.2, 0.25) is 11.7 Å². The SMILES string of the molecule is O=C1/C(=C/C(=O)N2CCCC2)Oc2ccccc21. The second-order valence-electron chi connectivity index (χ2n) is 4.47. The molecule has 0 bridgehead atoms. The number of rotatable bonds is 1. The van der Waals surface area contributed by atoms with Crippen molar-refractivity contribution in [3.05, 3.63) is 41.7 Å². The van der Waals surface area contributed by atoms with Gasteiger partial charge in [0.05, 0.1) is 11.6 Å². The molecule has 1 amide bonds. The Balaban J connectivity index is 1.83. The first-order valence-corrected chi connectivity index (χ1v) is 6.08. The van der Waals surface area contributed by atoms with Gasteiger partial charge in [0, 0.05) is 13.1 Å². The molecule has 1 fully saturated rings. The van der Waals surface area contributed by atoms with Gasteiger partial charge in [-0.3, -0.25) is 9.59 Å². The molecule has 18 heavy (non-hydrogen) atoms. The predicted molar refractivity (Wildman–Crippen MR) is 65.3 cm³/mol. The number of hydrogen-bond acceptors (Lipinski definition) is 3. The summed E-state index contributed by atoms with van der Waals surface area (Å²) in [6.45, 7) is 1.54. The van der Waals surface area contributed by atoms with Crippen molar-refractivity contribution in [1.82, 2.24) is 4.90 Å². The van der Waals surface area contributed by atoms with Crippen molar-refractivity contribution in [2.24, 2.45) is 0 Å². The van der Waals surface area contributed by atoms with Crippen molar-refractivity contribution in [3.8, 4) is 5.75 Å². The van der Waals surface area contributed by atoms with Gasteiger partial charge in [-0.1, -0.05) is 12.1 Å². The van der Waals surface area contributed by atoms with Crippen molar-refractivity contribution >= 4 is 11.7 Å². The van der Waals surface area contributed by atoms with Gasteiger partial charge < -0.3 is 9.64 Å². The summed E-state index contributed by atoms with van der Waals surface area (Å²) in [4.78, 5) is 25.6. The van der Waals surface area contributed by atoms with E-state index in [9.17, 15) is 9.59 Å². The van der Waals surface area contributed by atoms with Crippen LogP contribution in [-0.4, -0.2) is 29.7 Å². The molecule has 92 valence electrons. The normalized spacial score (nSPS) is 20.1. The lowest BCUT2D eigenvalue weighted by Crippen LogP contribution is -2.26. The smallest absolute Gasteiger partial charge is 0.250 e. The predicted octanol–water partition coefficient (Wildman–Crippen LogP) is 1.77. The fourth-order valence-electron chi connectivity index (χ4n) is 2.28. The molecule has 3 rings (SSSR count). The van der Waals surface area contributed by atoms with Crippen molar-refractivity contribution in [3.63, 3.8) is 0 Å². The zero-order valence-corrected chi connectivity index (χ0v) is 9.89. The van der Waals surface area contributed by atoms with Gasteiger partial charge in [-0.15, -0.1) is 0 Å². The zero-order chi connectivity index (χ0) is 12.5. The number of benzene rings is 1. The Labute approximate surface area is 105 Å². The maximum absolute atomic E-state index is 12.0. The molecule has 0 N–H and O–H groups in total. The highest BCUT2D eigenvalue weighted by Crippen LogP contribution is 2.30. The largest absolute Gasteiger partial charge is 0.452 e. The Bertz CT molecular complexity index is 542. The molecule has 1 saturated heterocycles. The number of fused-ring (bicyclic) bond motifs is 1. The van der Waals surface area contributed by atoms with Crippen LogP contribution in [0, 0.1) is 0 Å². The molecule has 4 nitrogen and oxygen atoms in total. The minimum Gasteiger partial charge on any atom is -0.452 e. The number of hydrogen-bond donors (Lipinski definition) is 0. The number of amides is 1. The lowest BCUT2D eigenvalue weighted by atomic mass is 10.1. The van der Waals surface area contributed by atoms with Gasteiger partial charge in [0.1, 0.15) is 5.75 Å². The van der Waals surface area contributed by atoms with E-state index in [0.29, 0.717) is 11.3 Å². The Morgan fingerprint density at radius 3 is 2.67 bits per heavy atom.